The Bertz CT molecular complexity index is 431. The lowest BCUT2D eigenvalue weighted by Gasteiger charge is -2.34. The second-order valence-electron chi connectivity index (χ2n) is 4.77. The van der Waals surface area contributed by atoms with Crippen LogP contribution in [0.2, 0.25) is 5.02 Å². The second kappa shape index (κ2) is 5.40. The smallest absolute Gasteiger partial charge is 0.254 e. The van der Waals surface area contributed by atoms with Crippen LogP contribution >= 0.6 is 27.5 Å². The van der Waals surface area contributed by atoms with Crippen molar-refractivity contribution < 1.29 is 4.79 Å². The van der Waals surface area contributed by atoms with E-state index in [0.717, 1.165) is 10.9 Å². The zero-order chi connectivity index (χ0) is 13.2. The molecule has 0 aliphatic carbocycles. The molecule has 0 spiro atoms. The van der Waals surface area contributed by atoms with Crippen molar-refractivity contribution in [2.75, 3.05) is 12.4 Å². The summed E-state index contributed by atoms with van der Waals surface area (Å²) in [4.78, 5) is 14.0. The van der Waals surface area contributed by atoms with E-state index < -0.39 is 0 Å². The summed E-state index contributed by atoms with van der Waals surface area (Å²) in [5, 5.41) is 1.35. The zero-order valence-corrected chi connectivity index (χ0v) is 12.9. The van der Waals surface area contributed by atoms with E-state index in [1.54, 1.807) is 18.0 Å². The third kappa shape index (κ3) is 3.23. The Kier molecular flexibility index (Phi) is 4.62. The van der Waals surface area contributed by atoms with E-state index in [4.69, 9.17) is 11.6 Å². The number of carbonyl (C=O) groups is 1. The normalized spacial score (nSPS) is 11.4. The molecule has 0 fully saturated rings. The number of aryl methyl sites for hydroxylation is 1. The quantitative estimate of drug-likeness (QED) is 0.774. The lowest BCUT2D eigenvalue weighted by Crippen LogP contribution is -2.46. The van der Waals surface area contributed by atoms with Gasteiger partial charge in [-0.25, -0.2) is 0 Å². The summed E-state index contributed by atoms with van der Waals surface area (Å²) in [7, 11) is 1.80. The summed E-state index contributed by atoms with van der Waals surface area (Å²) in [5.41, 5.74) is 1.37. The Morgan fingerprint density at radius 3 is 2.53 bits per heavy atom. The summed E-state index contributed by atoms with van der Waals surface area (Å²) >= 11 is 9.45. The Balaban J connectivity index is 3.01. The molecule has 0 saturated heterocycles. The molecule has 0 atom stereocenters. The van der Waals surface area contributed by atoms with E-state index in [-0.39, 0.29) is 11.4 Å². The maximum absolute atomic E-state index is 12.3. The molecule has 0 unspecified atom stereocenters. The molecular weight excluding hydrogens is 302 g/mol. The van der Waals surface area contributed by atoms with Crippen LogP contribution in [0, 0.1) is 6.92 Å². The molecule has 0 aromatic heterocycles. The van der Waals surface area contributed by atoms with Crippen LogP contribution in [0.25, 0.3) is 0 Å². The maximum Gasteiger partial charge on any atom is 0.254 e. The number of alkyl halides is 1. The Morgan fingerprint density at radius 1 is 1.47 bits per heavy atom. The van der Waals surface area contributed by atoms with Gasteiger partial charge >= 0.3 is 0 Å². The topological polar surface area (TPSA) is 20.3 Å². The van der Waals surface area contributed by atoms with E-state index in [1.807, 2.05) is 32.9 Å². The maximum atomic E-state index is 12.3. The van der Waals surface area contributed by atoms with Gasteiger partial charge in [0.2, 0.25) is 0 Å². The predicted octanol–water partition coefficient (Wildman–Crippen LogP) is 3.89. The summed E-state index contributed by atoms with van der Waals surface area (Å²) in [6.07, 6.45) is 0. The molecule has 0 radical (unpaired) electrons. The lowest BCUT2D eigenvalue weighted by molar-refractivity contribution is 0.0663. The first-order valence-electron chi connectivity index (χ1n) is 5.40. The summed E-state index contributed by atoms with van der Waals surface area (Å²) in [6, 6.07) is 5.40. The minimum atomic E-state index is -0.228. The van der Waals surface area contributed by atoms with Crippen LogP contribution in [0.4, 0.5) is 0 Å². The van der Waals surface area contributed by atoms with Gasteiger partial charge in [0.25, 0.3) is 5.91 Å². The number of rotatable bonds is 3. The standard InChI is InChI=1S/C13H17BrClNO/c1-9-5-6-10(7-11(9)15)12(17)16(4)13(2,3)8-14/h5-7H,8H2,1-4H3. The molecular formula is C13H17BrClNO. The first-order valence-corrected chi connectivity index (χ1v) is 6.90. The molecule has 1 rings (SSSR count). The van der Waals surface area contributed by atoms with Crippen LogP contribution in [0.1, 0.15) is 29.8 Å². The average Bonchev–Trinajstić information content (AvgIpc) is 2.30. The van der Waals surface area contributed by atoms with Crippen molar-refractivity contribution in [2.24, 2.45) is 0 Å². The first kappa shape index (κ1) is 14.5. The van der Waals surface area contributed by atoms with Crippen LogP contribution in [-0.4, -0.2) is 28.7 Å². The highest BCUT2D eigenvalue weighted by atomic mass is 79.9. The molecule has 4 heteroatoms. The largest absolute Gasteiger partial charge is 0.336 e. The minimum Gasteiger partial charge on any atom is -0.336 e. The lowest BCUT2D eigenvalue weighted by atomic mass is 10.0. The van der Waals surface area contributed by atoms with Crippen LogP contribution < -0.4 is 0 Å². The van der Waals surface area contributed by atoms with E-state index in [2.05, 4.69) is 15.9 Å². The van der Waals surface area contributed by atoms with Crippen molar-refractivity contribution in [1.82, 2.24) is 4.90 Å². The molecule has 0 N–H and O–H groups in total. The molecule has 1 amide bonds. The third-order valence-electron chi connectivity index (χ3n) is 2.96. The van der Waals surface area contributed by atoms with E-state index in [1.165, 1.54) is 0 Å². The molecule has 0 saturated carbocycles. The molecule has 17 heavy (non-hydrogen) atoms. The number of nitrogens with zero attached hydrogens (tertiary/aromatic N) is 1. The first-order chi connectivity index (χ1) is 7.79. The molecule has 1 aromatic rings. The number of benzene rings is 1. The summed E-state index contributed by atoms with van der Waals surface area (Å²) in [5.74, 6) is -0.0173. The molecule has 0 bridgehead atoms. The predicted molar refractivity (Wildman–Crippen MR) is 76.2 cm³/mol. The molecule has 94 valence electrons. The van der Waals surface area contributed by atoms with E-state index in [9.17, 15) is 4.79 Å². The van der Waals surface area contributed by atoms with Gasteiger partial charge in [-0.1, -0.05) is 33.6 Å². The van der Waals surface area contributed by atoms with Crippen LogP contribution in [-0.2, 0) is 0 Å². The fraction of sp³-hybridized carbons (Fsp3) is 0.462. The molecule has 0 aliphatic heterocycles. The van der Waals surface area contributed by atoms with E-state index in [0.29, 0.717) is 10.6 Å². The number of halogens is 2. The summed E-state index contributed by atoms with van der Waals surface area (Å²) in [6.45, 7) is 5.94. The SMILES string of the molecule is Cc1ccc(C(=O)N(C)C(C)(C)CBr)cc1Cl. The van der Waals surface area contributed by atoms with Gasteiger partial charge < -0.3 is 4.90 Å². The fourth-order valence-electron chi connectivity index (χ4n) is 1.28. The Hall–Kier alpha value is -0.540. The minimum absolute atomic E-state index is 0.0173. The monoisotopic (exact) mass is 317 g/mol. The number of hydrogen-bond donors (Lipinski definition) is 0. The van der Waals surface area contributed by atoms with Gasteiger partial charge in [0, 0.05) is 28.5 Å². The molecule has 2 nitrogen and oxygen atoms in total. The van der Waals surface area contributed by atoms with Gasteiger partial charge in [-0.15, -0.1) is 0 Å². The van der Waals surface area contributed by atoms with Gasteiger partial charge in [-0.2, -0.15) is 0 Å². The van der Waals surface area contributed by atoms with Gasteiger partial charge in [0.05, 0.1) is 0 Å². The number of amides is 1. The van der Waals surface area contributed by atoms with Gasteiger partial charge in [-0.3, -0.25) is 4.79 Å². The number of carbonyl (C=O) groups excluding carboxylic acids is 1. The van der Waals surface area contributed by atoms with E-state index >= 15 is 0 Å². The Labute approximate surface area is 116 Å². The van der Waals surface area contributed by atoms with Crippen LogP contribution in [0.5, 0.6) is 0 Å². The highest BCUT2D eigenvalue weighted by Crippen LogP contribution is 2.21. The molecule has 0 heterocycles. The second-order valence-corrected chi connectivity index (χ2v) is 5.74. The zero-order valence-electron chi connectivity index (χ0n) is 10.6. The Morgan fingerprint density at radius 2 is 2.06 bits per heavy atom. The third-order valence-corrected chi connectivity index (χ3v) is 4.74. The van der Waals surface area contributed by atoms with Crippen molar-refractivity contribution in [3.05, 3.63) is 34.3 Å². The van der Waals surface area contributed by atoms with Crippen molar-refractivity contribution >= 4 is 33.4 Å². The fourth-order valence-corrected chi connectivity index (χ4v) is 1.84. The van der Waals surface area contributed by atoms with Crippen molar-refractivity contribution in [2.45, 2.75) is 26.3 Å². The highest BCUT2D eigenvalue weighted by molar-refractivity contribution is 9.09. The van der Waals surface area contributed by atoms with Crippen LogP contribution in [0.15, 0.2) is 18.2 Å². The van der Waals surface area contributed by atoms with Gasteiger partial charge in [0.15, 0.2) is 0 Å². The molecule has 1 aromatic carbocycles. The molecule has 0 aliphatic rings. The average molecular weight is 319 g/mol. The van der Waals surface area contributed by atoms with Crippen LogP contribution in [0.3, 0.4) is 0 Å². The van der Waals surface area contributed by atoms with Crippen molar-refractivity contribution in [3.63, 3.8) is 0 Å². The number of hydrogen-bond acceptors (Lipinski definition) is 1. The van der Waals surface area contributed by atoms with Gasteiger partial charge in [0.1, 0.15) is 0 Å². The van der Waals surface area contributed by atoms with Crippen molar-refractivity contribution in [3.8, 4) is 0 Å². The highest BCUT2D eigenvalue weighted by Gasteiger charge is 2.27. The van der Waals surface area contributed by atoms with Gasteiger partial charge in [-0.05, 0) is 38.5 Å². The van der Waals surface area contributed by atoms with Crippen molar-refractivity contribution in [1.29, 1.82) is 0 Å². The summed E-state index contributed by atoms with van der Waals surface area (Å²) < 4.78 is 0.